The summed E-state index contributed by atoms with van der Waals surface area (Å²) in [6.07, 6.45) is 3.06. The lowest BCUT2D eigenvalue weighted by Crippen LogP contribution is -3.11. The Hall–Kier alpha value is -1.86. The van der Waals surface area contributed by atoms with Crippen molar-refractivity contribution in [1.29, 1.82) is 0 Å². The van der Waals surface area contributed by atoms with Gasteiger partial charge >= 0.3 is 0 Å². The van der Waals surface area contributed by atoms with Crippen molar-refractivity contribution >= 4 is 28.6 Å². The Kier molecular flexibility index (Phi) is 6.90. The molecule has 1 aliphatic rings. The molecule has 0 atom stereocenters. The fraction of sp³-hybridized carbons (Fsp3) is 0.550. The Bertz CT molecular complexity index is 843. The number of hydrogen-bond donors (Lipinski definition) is 2. The lowest BCUT2D eigenvalue weighted by molar-refractivity contribution is -0.896. The molecule has 1 heterocycles. The fourth-order valence-corrected chi connectivity index (χ4v) is 4.01. The van der Waals surface area contributed by atoms with E-state index in [-0.39, 0.29) is 11.5 Å². The molecule has 2 aromatic rings. The van der Waals surface area contributed by atoms with Crippen molar-refractivity contribution in [1.82, 2.24) is 14.9 Å². The van der Waals surface area contributed by atoms with Gasteiger partial charge in [-0.25, -0.2) is 4.98 Å². The number of thioether (sulfide) groups is 1. The molecule has 2 N–H and O–H groups in total. The van der Waals surface area contributed by atoms with Crippen LogP contribution in [0.2, 0.25) is 0 Å². The molecule has 1 aromatic heterocycles. The van der Waals surface area contributed by atoms with Gasteiger partial charge in [-0.1, -0.05) is 23.9 Å². The number of carbonyl (C=O) groups is 1. The molecule has 146 valence electrons. The van der Waals surface area contributed by atoms with Crippen LogP contribution < -0.4 is 15.8 Å². The number of rotatable bonds is 10. The summed E-state index contributed by atoms with van der Waals surface area (Å²) in [5.41, 5.74) is 0.679. The van der Waals surface area contributed by atoms with Gasteiger partial charge in [-0.15, -0.1) is 0 Å². The minimum atomic E-state index is -0.0137. The van der Waals surface area contributed by atoms with Crippen LogP contribution in [0.15, 0.2) is 34.2 Å². The number of aromatic nitrogens is 2. The van der Waals surface area contributed by atoms with Crippen LogP contribution in [0, 0.1) is 0 Å². The molecular formula is C20H29N4O2S+. The molecule has 0 unspecified atom stereocenters. The van der Waals surface area contributed by atoms with E-state index < -0.39 is 0 Å². The molecule has 7 heteroatoms. The van der Waals surface area contributed by atoms with E-state index in [2.05, 4.69) is 24.1 Å². The number of nitrogens with zero attached hydrogens (tertiary/aromatic N) is 2. The maximum atomic E-state index is 13.0. The normalized spacial score (nSPS) is 14.0. The third-order valence-corrected chi connectivity index (χ3v) is 5.99. The van der Waals surface area contributed by atoms with Gasteiger partial charge in [0, 0.05) is 19.0 Å². The summed E-state index contributed by atoms with van der Waals surface area (Å²) in [7, 11) is 0. The van der Waals surface area contributed by atoms with Gasteiger partial charge in [-0.05, 0) is 38.8 Å². The Morgan fingerprint density at radius 1 is 1.30 bits per heavy atom. The van der Waals surface area contributed by atoms with Gasteiger partial charge < -0.3 is 10.2 Å². The van der Waals surface area contributed by atoms with E-state index in [0.29, 0.717) is 34.4 Å². The van der Waals surface area contributed by atoms with Crippen LogP contribution >= 0.6 is 11.8 Å². The van der Waals surface area contributed by atoms with Gasteiger partial charge in [-0.2, -0.15) is 0 Å². The fourth-order valence-electron chi connectivity index (χ4n) is 3.17. The minimum absolute atomic E-state index is 0.0137. The maximum absolute atomic E-state index is 13.0. The quantitative estimate of drug-likeness (QED) is 0.471. The molecule has 6 nitrogen and oxygen atoms in total. The Balaban J connectivity index is 1.78. The van der Waals surface area contributed by atoms with E-state index in [4.69, 9.17) is 0 Å². The summed E-state index contributed by atoms with van der Waals surface area (Å²) in [6.45, 7) is 8.20. The predicted octanol–water partition coefficient (Wildman–Crippen LogP) is 1.08. The third-order valence-electron chi connectivity index (χ3n) is 5.01. The van der Waals surface area contributed by atoms with Gasteiger partial charge in [0.05, 0.1) is 36.3 Å². The molecule has 1 aliphatic carbocycles. The van der Waals surface area contributed by atoms with Crippen LogP contribution in [0.3, 0.4) is 0 Å². The molecule has 3 rings (SSSR count). The average molecular weight is 390 g/mol. The van der Waals surface area contributed by atoms with Gasteiger partial charge in [0.15, 0.2) is 5.16 Å². The second-order valence-corrected chi connectivity index (χ2v) is 8.00. The molecular weight excluding hydrogens is 360 g/mol. The third kappa shape index (κ3) is 5.32. The van der Waals surface area contributed by atoms with Crippen molar-refractivity contribution in [2.75, 3.05) is 25.4 Å². The zero-order valence-electron chi connectivity index (χ0n) is 16.2. The lowest BCUT2D eigenvalue weighted by atomic mass is 10.2. The summed E-state index contributed by atoms with van der Waals surface area (Å²) in [5, 5.41) is 4.27. The van der Waals surface area contributed by atoms with Gasteiger partial charge in [0.2, 0.25) is 5.91 Å². The molecule has 1 fully saturated rings. The van der Waals surface area contributed by atoms with Gasteiger partial charge in [0.25, 0.3) is 5.56 Å². The van der Waals surface area contributed by atoms with Crippen LogP contribution in [0.1, 0.15) is 33.1 Å². The first kappa shape index (κ1) is 19.9. The minimum Gasteiger partial charge on any atom is -0.353 e. The molecule has 0 aliphatic heterocycles. The topological polar surface area (TPSA) is 68.4 Å². The molecule has 0 radical (unpaired) electrons. The van der Waals surface area contributed by atoms with Crippen molar-refractivity contribution < 1.29 is 9.69 Å². The average Bonchev–Trinajstić information content (AvgIpc) is 3.49. The number of fused-ring (bicyclic) bond motifs is 1. The van der Waals surface area contributed by atoms with Crippen molar-refractivity contribution in [3.63, 3.8) is 0 Å². The van der Waals surface area contributed by atoms with E-state index in [1.54, 1.807) is 4.57 Å². The zero-order chi connectivity index (χ0) is 19.2. The van der Waals surface area contributed by atoms with Crippen LogP contribution in [-0.4, -0.2) is 46.9 Å². The molecule has 0 saturated heterocycles. The van der Waals surface area contributed by atoms with E-state index in [1.165, 1.54) is 16.7 Å². The highest BCUT2D eigenvalue weighted by molar-refractivity contribution is 7.99. The summed E-state index contributed by atoms with van der Waals surface area (Å²) in [5.74, 6) is 0.312. The molecule has 1 aromatic carbocycles. The summed E-state index contributed by atoms with van der Waals surface area (Å²) >= 11 is 1.36. The van der Waals surface area contributed by atoms with E-state index in [9.17, 15) is 9.59 Å². The summed E-state index contributed by atoms with van der Waals surface area (Å²) in [4.78, 5) is 31.3. The Morgan fingerprint density at radius 3 is 2.74 bits per heavy atom. The van der Waals surface area contributed by atoms with Gasteiger partial charge in [-0.3, -0.25) is 14.2 Å². The largest absolute Gasteiger partial charge is 0.353 e. The molecule has 0 bridgehead atoms. The highest BCUT2D eigenvalue weighted by atomic mass is 32.2. The van der Waals surface area contributed by atoms with Crippen molar-refractivity contribution in [3.8, 4) is 0 Å². The second-order valence-electron chi connectivity index (χ2n) is 7.06. The van der Waals surface area contributed by atoms with Crippen molar-refractivity contribution in [2.45, 2.75) is 50.9 Å². The smallest absolute Gasteiger partial charge is 0.262 e. The lowest BCUT2D eigenvalue weighted by Gasteiger charge is -2.17. The number of hydrogen-bond acceptors (Lipinski definition) is 4. The van der Waals surface area contributed by atoms with Crippen LogP contribution in [0.5, 0.6) is 0 Å². The predicted molar refractivity (Wildman–Crippen MR) is 109 cm³/mol. The monoisotopic (exact) mass is 389 g/mol. The zero-order valence-corrected chi connectivity index (χ0v) is 17.0. The molecule has 1 saturated carbocycles. The van der Waals surface area contributed by atoms with E-state index >= 15 is 0 Å². The number of amides is 1. The molecule has 1 amide bonds. The van der Waals surface area contributed by atoms with Crippen LogP contribution in [0.4, 0.5) is 0 Å². The highest BCUT2D eigenvalue weighted by Crippen LogP contribution is 2.21. The summed E-state index contributed by atoms with van der Waals surface area (Å²) < 4.78 is 1.75. The van der Waals surface area contributed by atoms with Crippen LogP contribution in [0.25, 0.3) is 10.9 Å². The van der Waals surface area contributed by atoms with E-state index in [1.807, 2.05) is 24.3 Å². The first-order valence-corrected chi connectivity index (χ1v) is 10.9. The van der Waals surface area contributed by atoms with Crippen molar-refractivity contribution in [2.24, 2.45) is 0 Å². The highest BCUT2D eigenvalue weighted by Gasteiger charge is 2.23. The second kappa shape index (κ2) is 9.37. The maximum Gasteiger partial charge on any atom is 0.262 e. The Labute approximate surface area is 164 Å². The number of quaternary nitrogens is 1. The Morgan fingerprint density at radius 2 is 2.04 bits per heavy atom. The molecule has 0 spiro atoms. The number of para-hydroxylation sites is 1. The standard InChI is InChI=1S/C20H28N4O2S/c1-3-23(4-2)12-7-13-24-19(26)16-8-5-6-9-17(16)22-20(24)27-14-18(25)21-15-10-11-15/h5-6,8-9,15H,3-4,7,10-14H2,1-2H3,(H,21,25)/p+1. The van der Waals surface area contributed by atoms with E-state index in [0.717, 1.165) is 38.9 Å². The molecule has 27 heavy (non-hydrogen) atoms. The van der Waals surface area contributed by atoms with Crippen molar-refractivity contribution in [3.05, 3.63) is 34.6 Å². The van der Waals surface area contributed by atoms with Gasteiger partial charge in [0.1, 0.15) is 0 Å². The number of carbonyl (C=O) groups excluding carboxylic acids is 1. The first-order chi connectivity index (χ1) is 13.1. The number of nitrogens with one attached hydrogen (secondary N) is 2. The van der Waals surface area contributed by atoms with Crippen LogP contribution in [-0.2, 0) is 11.3 Å². The number of benzene rings is 1. The SMILES string of the molecule is CC[NH+](CC)CCCn1c(SCC(=O)NC2CC2)nc2ccccc2c1=O. The summed E-state index contributed by atoms with van der Waals surface area (Å²) in [6, 6.07) is 7.78. The first-order valence-electron chi connectivity index (χ1n) is 9.87.